The molecule has 1 rings (SSSR count). The molecule has 0 aliphatic rings. The van der Waals surface area contributed by atoms with Gasteiger partial charge in [-0.1, -0.05) is 32.9 Å². The average molecular weight is 179 g/mol. The van der Waals surface area contributed by atoms with Crippen molar-refractivity contribution in [2.75, 3.05) is 0 Å². The first-order valence-electron chi connectivity index (χ1n) is 4.57. The summed E-state index contributed by atoms with van der Waals surface area (Å²) in [5, 5.41) is 0. The van der Waals surface area contributed by atoms with Gasteiger partial charge < -0.3 is 4.84 Å². The highest BCUT2D eigenvalue weighted by molar-refractivity contribution is 5.32. The van der Waals surface area contributed by atoms with Crippen LogP contribution in [0, 0.1) is 0 Å². The number of hydrogen-bond donors (Lipinski definition) is 1. The van der Waals surface area contributed by atoms with Crippen LogP contribution in [-0.2, 0) is 5.41 Å². The molecule has 1 aromatic rings. The van der Waals surface area contributed by atoms with E-state index >= 15 is 0 Å². The fourth-order valence-electron chi connectivity index (χ4n) is 1.19. The van der Waals surface area contributed by atoms with Crippen LogP contribution in [0.5, 0.6) is 5.75 Å². The molecule has 0 amide bonds. The second-order valence-electron chi connectivity index (χ2n) is 3.88. The maximum absolute atomic E-state index is 5.10. The lowest BCUT2D eigenvalue weighted by molar-refractivity contribution is 0.333. The Hall–Kier alpha value is -1.02. The smallest absolute Gasteiger partial charge is 0.147 e. The van der Waals surface area contributed by atoms with Crippen LogP contribution in [0.4, 0.5) is 0 Å². The lowest BCUT2D eigenvalue weighted by Crippen LogP contribution is -2.15. The Bertz CT molecular complexity index is 281. The minimum atomic E-state index is 0.189. The normalized spacial score (nSPS) is 11.4. The Balaban J connectivity index is 3.01. The quantitative estimate of drug-likeness (QED) is 0.724. The summed E-state index contributed by atoms with van der Waals surface area (Å²) >= 11 is 0. The molecule has 0 bridgehead atoms. The first-order valence-corrected chi connectivity index (χ1v) is 4.57. The van der Waals surface area contributed by atoms with E-state index in [4.69, 9.17) is 10.7 Å². The van der Waals surface area contributed by atoms with Crippen LogP contribution in [0.25, 0.3) is 0 Å². The van der Waals surface area contributed by atoms with Gasteiger partial charge in [0.1, 0.15) is 5.75 Å². The topological polar surface area (TPSA) is 35.2 Å². The number of hydrogen-bond acceptors (Lipinski definition) is 2. The average Bonchev–Trinajstić information content (AvgIpc) is 2.18. The van der Waals surface area contributed by atoms with E-state index in [1.807, 2.05) is 18.2 Å². The fraction of sp³-hybridized carbons (Fsp3) is 0.455. The zero-order valence-electron chi connectivity index (χ0n) is 8.50. The second kappa shape index (κ2) is 3.79. The Labute approximate surface area is 79.7 Å². The molecule has 0 aliphatic carbocycles. The molecule has 0 saturated carbocycles. The zero-order chi connectivity index (χ0) is 9.90. The van der Waals surface area contributed by atoms with Gasteiger partial charge in [0, 0.05) is 0 Å². The van der Waals surface area contributed by atoms with Gasteiger partial charge in [0.2, 0.25) is 0 Å². The lowest BCUT2D eigenvalue weighted by Gasteiger charge is -2.23. The van der Waals surface area contributed by atoms with E-state index in [-0.39, 0.29) is 5.41 Å². The van der Waals surface area contributed by atoms with Gasteiger partial charge in [-0.25, -0.2) is 0 Å². The van der Waals surface area contributed by atoms with E-state index < -0.39 is 0 Å². The molecular formula is C11H17NO. The summed E-state index contributed by atoms with van der Waals surface area (Å²) < 4.78 is 0. The summed E-state index contributed by atoms with van der Waals surface area (Å²) in [6, 6.07) is 7.92. The molecule has 13 heavy (non-hydrogen) atoms. The minimum absolute atomic E-state index is 0.189. The molecule has 0 radical (unpaired) electrons. The van der Waals surface area contributed by atoms with Crippen LogP contribution in [-0.4, -0.2) is 0 Å². The van der Waals surface area contributed by atoms with E-state index in [0.29, 0.717) is 0 Å². The summed E-state index contributed by atoms with van der Waals surface area (Å²) in [7, 11) is 0. The Morgan fingerprint density at radius 1 is 1.38 bits per heavy atom. The van der Waals surface area contributed by atoms with Crippen LogP contribution in [0.15, 0.2) is 24.3 Å². The summed E-state index contributed by atoms with van der Waals surface area (Å²) in [6.07, 6.45) is 1.10. The van der Waals surface area contributed by atoms with Crippen molar-refractivity contribution >= 4 is 0 Å². The van der Waals surface area contributed by atoms with Crippen molar-refractivity contribution < 1.29 is 4.84 Å². The molecule has 2 heteroatoms. The molecule has 2 nitrogen and oxygen atoms in total. The molecule has 0 heterocycles. The Kier molecular flexibility index (Phi) is 2.94. The van der Waals surface area contributed by atoms with E-state index in [1.165, 1.54) is 5.56 Å². The van der Waals surface area contributed by atoms with E-state index in [0.717, 1.165) is 12.2 Å². The fourth-order valence-corrected chi connectivity index (χ4v) is 1.19. The van der Waals surface area contributed by atoms with Crippen LogP contribution in [0.2, 0.25) is 0 Å². The second-order valence-corrected chi connectivity index (χ2v) is 3.88. The highest BCUT2D eigenvalue weighted by Gasteiger charge is 2.17. The third kappa shape index (κ3) is 2.22. The van der Waals surface area contributed by atoms with Gasteiger partial charge in [-0.15, -0.1) is 0 Å². The van der Waals surface area contributed by atoms with Crippen LogP contribution in [0.3, 0.4) is 0 Å². The summed E-state index contributed by atoms with van der Waals surface area (Å²) in [5.41, 5.74) is 1.45. The predicted octanol–water partition coefficient (Wildman–Crippen LogP) is 2.63. The maximum atomic E-state index is 5.10. The highest BCUT2D eigenvalue weighted by Crippen LogP contribution is 2.28. The van der Waals surface area contributed by atoms with Gasteiger partial charge in [-0.05, 0) is 29.5 Å². The molecule has 0 aromatic heterocycles. The van der Waals surface area contributed by atoms with Crippen molar-refractivity contribution in [3.05, 3.63) is 29.8 Å². The molecule has 1 aromatic carbocycles. The van der Waals surface area contributed by atoms with E-state index in [1.54, 1.807) is 0 Å². The van der Waals surface area contributed by atoms with Gasteiger partial charge in [-0.2, -0.15) is 5.90 Å². The van der Waals surface area contributed by atoms with Crippen molar-refractivity contribution in [1.82, 2.24) is 0 Å². The summed E-state index contributed by atoms with van der Waals surface area (Å²) in [4.78, 5) is 4.69. The van der Waals surface area contributed by atoms with Crippen molar-refractivity contribution in [3.63, 3.8) is 0 Å². The van der Waals surface area contributed by atoms with Crippen molar-refractivity contribution in [1.29, 1.82) is 0 Å². The van der Waals surface area contributed by atoms with Crippen molar-refractivity contribution in [2.24, 2.45) is 5.90 Å². The van der Waals surface area contributed by atoms with Crippen LogP contribution < -0.4 is 10.7 Å². The SMILES string of the molecule is CCC(C)(C)c1cccc(ON)c1. The van der Waals surface area contributed by atoms with Gasteiger partial charge in [-0.3, -0.25) is 0 Å². The van der Waals surface area contributed by atoms with Crippen LogP contribution >= 0.6 is 0 Å². The monoisotopic (exact) mass is 179 g/mol. The molecule has 0 saturated heterocycles. The molecule has 0 spiro atoms. The Morgan fingerprint density at radius 2 is 2.08 bits per heavy atom. The molecular weight excluding hydrogens is 162 g/mol. The maximum Gasteiger partial charge on any atom is 0.147 e. The lowest BCUT2D eigenvalue weighted by atomic mass is 9.82. The first-order chi connectivity index (χ1) is 6.10. The third-order valence-corrected chi connectivity index (χ3v) is 2.64. The van der Waals surface area contributed by atoms with Crippen molar-refractivity contribution in [3.8, 4) is 5.75 Å². The van der Waals surface area contributed by atoms with Gasteiger partial charge in [0.05, 0.1) is 0 Å². The third-order valence-electron chi connectivity index (χ3n) is 2.64. The Morgan fingerprint density at radius 3 is 2.62 bits per heavy atom. The zero-order valence-corrected chi connectivity index (χ0v) is 8.50. The number of benzene rings is 1. The van der Waals surface area contributed by atoms with E-state index in [9.17, 15) is 0 Å². The van der Waals surface area contributed by atoms with E-state index in [2.05, 4.69) is 26.8 Å². The molecule has 0 fully saturated rings. The largest absolute Gasteiger partial charge is 0.412 e. The van der Waals surface area contributed by atoms with Gasteiger partial charge >= 0.3 is 0 Å². The van der Waals surface area contributed by atoms with Crippen molar-refractivity contribution in [2.45, 2.75) is 32.6 Å². The molecule has 2 N–H and O–H groups in total. The van der Waals surface area contributed by atoms with Crippen LogP contribution in [0.1, 0.15) is 32.8 Å². The standard InChI is InChI=1S/C11H17NO/c1-4-11(2,3)9-6-5-7-10(8-9)13-12/h5-8H,4,12H2,1-3H3. The molecule has 72 valence electrons. The highest BCUT2D eigenvalue weighted by atomic mass is 16.6. The molecule has 0 atom stereocenters. The summed E-state index contributed by atoms with van der Waals surface area (Å²) in [6.45, 7) is 6.60. The number of rotatable bonds is 3. The number of nitrogens with two attached hydrogens (primary N) is 1. The predicted molar refractivity (Wildman–Crippen MR) is 54.6 cm³/mol. The van der Waals surface area contributed by atoms with Gasteiger partial charge in [0.25, 0.3) is 0 Å². The molecule has 0 unspecified atom stereocenters. The molecule has 0 aliphatic heterocycles. The summed E-state index contributed by atoms with van der Waals surface area (Å²) in [5.74, 6) is 5.82. The van der Waals surface area contributed by atoms with Gasteiger partial charge in [0.15, 0.2) is 0 Å². The minimum Gasteiger partial charge on any atom is -0.412 e. The first kappa shape index (κ1) is 10.1.